The van der Waals surface area contributed by atoms with Crippen molar-refractivity contribution < 1.29 is 14.3 Å². The predicted molar refractivity (Wildman–Crippen MR) is 86.4 cm³/mol. The maximum atomic E-state index is 12.0. The van der Waals surface area contributed by atoms with Gasteiger partial charge in [-0.05, 0) is 39.2 Å². The first kappa shape index (κ1) is 17.7. The Balaban J connectivity index is 2.57. The van der Waals surface area contributed by atoms with Crippen molar-refractivity contribution in [2.75, 3.05) is 41.4 Å². The number of methoxy groups -OCH3 is 2. The van der Waals surface area contributed by atoms with Crippen LogP contribution < -0.4 is 14.8 Å². The van der Waals surface area contributed by atoms with Crippen molar-refractivity contribution in [2.24, 2.45) is 0 Å². The molecule has 0 fully saturated rings. The first-order chi connectivity index (χ1) is 9.97. The molecule has 6 heteroatoms. The molecule has 0 saturated carbocycles. The summed E-state index contributed by atoms with van der Waals surface area (Å²) in [6.07, 6.45) is 0. The highest BCUT2D eigenvalue weighted by Crippen LogP contribution is 2.33. The van der Waals surface area contributed by atoms with Crippen LogP contribution in [-0.4, -0.2) is 57.5 Å². The maximum absolute atomic E-state index is 12.0. The molecule has 1 N–H and O–H groups in total. The topological polar surface area (TPSA) is 50.8 Å². The number of amides is 1. The van der Waals surface area contributed by atoms with E-state index in [1.165, 1.54) is 11.8 Å². The summed E-state index contributed by atoms with van der Waals surface area (Å²) in [4.78, 5) is 15.0. The number of likely N-dealkylation sites (N-methyl/N-ethyl adjacent to an activating group) is 1. The van der Waals surface area contributed by atoms with Crippen LogP contribution in [0.1, 0.15) is 6.92 Å². The van der Waals surface area contributed by atoms with Crippen LogP contribution in [0.25, 0.3) is 0 Å². The molecular formula is C15H24N2O3S. The van der Waals surface area contributed by atoms with Gasteiger partial charge in [-0.3, -0.25) is 4.79 Å². The van der Waals surface area contributed by atoms with E-state index in [2.05, 4.69) is 5.32 Å². The predicted octanol–water partition coefficient (Wildman–Crippen LogP) is 1.86. The number of thioether (sulfide) groups is 1. The van der Waals surface area contributed by atoms with Crippen molar-refractivity contribution >= 4 is 17.7 Å². The average molecular weight is 312 g/mol. The van der Waals surface area contributed by atoms with Crippen molar-refractivity contribution in [2.45, 2.75) is 17.1 Å². The minimum atomic E-state index is -0.162. The van der Waals surface area contributed by atoms with Crippen molar-refractivity contribution in [3.8, 4) is 11.5 Å². The van der Waals surface area contributed by atoms with Gasteiger partial charge in [-0.25, -0.2) is 0 Å². The molecule has 1 rings (SSSR count). The van der Waals surface area contributed by atoms with Gasteiger partial charge in [0.2, 0.25) is 5.91 Å². The Morgan fingerprint density at radius 1 is 1.29 bits per heavy atom. The Bertz CT molecular complexity index is 466. The lowest BCUT2D eigenvalue weighted by Crippen LogP contribution is -2.35. The fourth-order valence-corrected chi connectivity index (χ4v) is 2.61. The lowest BCUT2D eigenvalue weighted by Gasteiger charge is -2.15. The Morgan fingerprint density at radius 3 is 2.52 bits per heavy atom. The zero-order valence-corrected chi connectivity index (χ0v) is 14.1. The molecule has 0 aliphatic rings. The van der Waals surface area contributed by atoms with Gasteiger partial charge in [-0.15, -0.1) is 11.8 Å². The standard InChI is InChI=1S/C15H24N2O3S/c1-11(15(18)16-8-9-17(2)3)21-12-6-7-13(19-4)14(10-12)20-5/h6-7,10-11H,8-9H2,1-5H3,(H,16,18)/t11-/m0/s1. The lowest BCUT2D eigenvalue weighted by atomic mass is 10.3. The molecule has 1 aromatic carbocycles. The first-order valence-corrected chi connectivity index (χ1v) is 7.67. The zero-order chi connectivity index (χ0) is 15.8. The molecule has 0 bridgehead atoms. The summed E-state index contributed by atoms with van der Waals surface area (Å²) in [5, 5.41) is 2.77. The number of ether oxygens (including phenoxy) is 2. The molecule has 1 aromatic rings. The molecule has 0 heterocycles. The number of hydrogen-bond donors (Lipinski definition) is 1. The third kappa shape index (κ3) is 5.85. The number of rotatable bonds is 8. The minimum absolute atomic E-state index is 0.0386. The van der Waals surface area contributed by atoms with Gasteiger partial charge in [-0.2, -0.15) is 0 Å². The minimum Gasteiger partial charge on any atom is -0.493 e. The van der Waals surface area contributed by atoms with E-state index in [1.807, 2.05) is 44.1 Å². The van der Waals surface area contributed by atoms with Crippen LogP contribution in [0.4, 0.5) is 0 Å². The molecule has 0 unspecified atom stereocenters. The van der Waals surface area contributed by atoms with Gasteiger partial charge in [0.15, 0.2) is 11.5 Å². The quantitative estimate of drug-likeness (QED) is 0.743. The molecule has 0 spiro atoms. The molecule has 0 aliphatic carbocycles. The third-order valence-electron chi connectivity index (χ3n) is 2.90. The average Bonchev–Trinajstić information content (AvgIpc) is 2.46. The van der Waals surface area contributed by atoms with E-state index in [0.717, 1.165) is 11.4 Å². The van der Waals surface area contributed by atoms with E-state index < -0.39 is 0 Å². The number of carbonyl (C=O) groups excluding carboxylic acids is 1. The summed E-state index contributed by atoms with van der Waals surface area (Å²) in [5.74, 6) is 1.39. The largest absolute Gasteiger partial charge is 0.493 e. The van der Waals surface area contributed by atoms with Gasteiger partial charge >= 0.3 is 0 Å². The van der Waals surface area contributed by atoms with Crippen LogP contribution in [0, 0.1) is 0 Å². The lowest BCUT2D eigenvalue weighted by molar-refractivity contribution is -0.120. The molecule has 21 heavy (non-hydrogen) atoms. The maximum Gasteiger partial charge on any atom is 0.233 e. The Hall–Kier alpha value is -1.40. The van der Waals surface area contributed by atoms with E-state index in [-0.39, 0.29) is 11.2 Å². The smallest absolute Gasteiger partial charge is 0.233 e. The van der Waals surface area contributed by atoms with Crippen LogP contribution in [0.3, 0.4) is 0 Å². The van der Waals surface area contributed by atoms with E-state index in [9.17, 15) is 4.79 Å². The van der Waals surface area contributed by atoms with Crippen LogP contribution in [0.5, 0.6) is 11.5 Å². The van der Waals surface area contributed by atoms with Crippen molar-refractivity contribution in [3.63, 3.8) is 0 Å². The van der Waals surface area contributed by atoms with Crippen LogP contribution in [0.2, 0.25) is 0 Å². The molecule has 1 atom stereocenters. The van der Waals surface area contributed by atoms with Gasteiger partial charge in [-0.1, -0.05) is 0 Å². The van der Waals surface area contributed by atoms with Gasteiger partial charge in [0.05, 0.1) is 19.5 Å². The molecule has 0 saturated heterocycles. The van der Waals surface area contributed by atoms with Crippen molar-refractivity contribution in [1.82, 2.24) is 10.2 Å². The fourth-order valence-electron chi connectivity index (χ4n) is 1.69. The van der Waals surface area contributed by atoms with Gasteiger partial charge in [0, 0.05) is 18.0 Å². The summed E-state index contributed by atoms with van der Waals surface area (Å²) in [5.41, 5.74) is 0. The zero-order valence-electron chi connectivity index (χ0n) is 13.3. The van der Waals surface area contributed by atoms with E-state index in [0.29, 0.717) is 18.0 Å². The monoisotopic (exact) mass is 312 g/mol. The summed E-state index contributed by atoms with van der Waals surface area (Å²) in [7, 11) is 7.16. The van der Waals surface area contributed by atoms with E-state index in [1.54, 1.807) is 14.2 Å². The summed E-state index contributed by atoms with van der Waals surface area (Å²) in [6.45, 7) is 3.38. The Labute approximate surface area is 131 Å². The molecule has 0 aliphatic heterocycles. The molecule has 1 amide bonds. The highest BCUT2D eigenvalue weighted by atomic mass is 32.2. The van der Waals surface area contributed by atoms with Crippen LogP contribution in [-0.2, 0) is 4.79 Å². The highest BCUT2D eigenvalue weighted by Gasteiger charge is 2.15. The number of hydrogen-bond acceptors (Lipinski definition) is 5. The van der Waals surface area contributed by atoms with Crippen molar-refractivity contribution in [1.29, 1.82) is 0 Å². The summed E-state index contributed by atoms with van der Waals surface area (Å²) >= 11 is 1.50. The normalized spacial score (nSPS) is 12.1. The molecule has 118 valence electrons. The Kier molecular flexibility index (Phi) is 7.39. The second-order valence-corrected chi connectivity index (χ2v) is 6.29. The van der Waals surface area contributed by atoms with Crippen LogP contribution in [0.15, 0.2) is 23.1 Å². The number of nitrogens with zero attached hydrogens (tertiary/aromatic N) is 1. The summed E-state index contributed by atoms with van der Waals surface area (Å²) in [6, 6.07) is 5.65. The Morgan fingerprint density at radius 2 is 1.95 bits per heavy atom. The summed E-state index contributed by atoms with van der Waals surface area (Å²) < 4.78 is 10.5. The molecule has 0 aromatic heterocycles. The number of nitrogens with one attached hydrogen (secondary N) is 1. The molecule has 5 nitrogen and oxygen atoms in total. The molecular weight excluding hydrogens is 288 g/mol. The highest BCUT2D eigenvalue weighted by molar-refractivity contribution is 8.00. The first-order valence-electron chi connectivity index (χ1n) is 6.79. The van der Waals surface area contributed by atoms with Gasteiger partial charge < -0.3 is 19.7 Å². The van der Waals surface area contributed by atoms with Gasteiger partial charge in [0.1, 0.15) is 0 Å². The van der Waals surface area contributed by atoms with Crippen molar-refractivity contribution in [3.05, 3.63) is 18.2 Å². The van der Waals surface area contributed by atoms with Gasteiger partial charge in [0.25, 0.3) is 0 Å². The third-order valence-corrected chi connectivity index (χ3v) is 3.99. The number of benzene rings is 1. The van der Waals surface area contributed by atoms with Crippen LogP contribution >= 0.6 is 11.8 Å². The van der Waals surface area contributed by atoms with E-state index in [4.69, 9.17) is 9.47 Å². The SMILES string of the molecule is COc1ccc(S[C@@H](C)C(=O)NCCN(C)C)cc1OC. The second kappa shape index (κ2) is 8.79. The number of carbonyl (C=O) groups is 1. The second-order valence-electron chi connectivity index (χ2n) is 4.87. The van der Waals surface area contributed by atoms with E-state index >= 15 is 0 Å². The molecule has 0 radical (unpaired) electrons. The fraction of sp³-hybridized carbons (Fsp3) is 0.533.